The third kappa shape index (κ3) is 3.32. The average Bonchev–Trinajstić information content (AvgIpc) is 3.07. The molecule has 2 heterocycles. The summed E-state index contributed by atoms with van der Waals surface area (Å²) in [6.07, 6.45) is 5.40. The smallest absolute Gasteiger partial charge is 0.223 e. The summed E-state index contributed by atoms with van der Waals surface area (Å²) in [7, 11) is 0. The van der Waals surface area contributed by atoms with E-state index in [4.69, 9.17) is 0 Å². The lowest BCUT2D eigenvalue weighted by molar-refractivity contribution is -0.135. The number of carbonyl (C=O) groups excluding carboxylic acids is 1. The Kier molecular flexibility index (Phi) is 4.46. The van der Waals surface area contributed by atoms with Gasteiger partial charge in [-0.25, -0.2) is 9.37 Å². The van der Waals surface area contributed by atoms with Gasteiger partial charge in [0.2, 0.25) is 5.91 Å². The number of piperidine rings is 1. The zero-order valence-electron chi connectivity index (χ0n) is 12.3. The minimum Gasteiger partial charge on any atom is -0.332 e. The molecule has 1 aliphatic rings. The quantitative estimate of drug-likeness (QED) is 0.944. The third-order valence-electron chi connectivity index (χ3n) is 4.09. The SMILES string of the molecule is O=C(CCc1cccc(F)c1)N1CCCC[C@@H]1c1ncn[nH]1. The number of aromatic nitrogens is 3. The topological polar surface area (TPSA) is 61.9 Å². The Morgan fingerprint density at radius 2 is 2.32 bits per heavy atom. The van der Waals surface area contributed by atoms with Gasteiger partial charge in [-0.2, -0.15) is 5.10 Å². The van der Waals surface area contributed by atoms with E-state index in [1.54, 1.807) is 6.07 Å². The van der Waals surface area contributed by atoms with Crippen molar-refractivity contribution in [1.82, 2.24) is 20.1 Å². The highest BCUT2D eigenvalue weighted by Crippen LogP contribution is 2.29. The molecule has 6 heteroatoms. The number of rotatable bonds is 4. The van der Waals surface area contributed by atoms with Gasteiger partial charge in [-0.3, -0.25) is 9.89 Å². The monoisotopic (exact) mass is 302 g/mol. The molecule has 116 valence electrons. The number of halogens is 1. The van der Waals surface area contributed by atoms with E-state index in [2.05, 4.69) is 15.2 Å². The minimum atomic E-state index is -0.262. The zero-order valence-corrected chi connectivity index (χ0v) is 12.3. The molecule has 0 unspecified atom stereocenters. The number of hydrogen-bond acceptors (Lipinski definition) is 3. The molecule has 2 aromatic rings. The first-order chi connectivity index (χ1) is 10.7. The number of amides is 1. The normalized spacial score (nSPS) is 18.4. The summed E-state index contributed by atoms with van der Waals surface area (Å²) in [5.74, 6) is 0.576. The summed E-state index contributed by atoms with van der Waals surface area (Å²) >= 11 is 0. The van der Waals surface area contributed by atoms with Gasteiger partial charge >= 0.3 is 0 Å². The van der Waals surface area contributed by atoms with Crippen LogP contribution in [0.4, 0.5) is 4.39 Å². The molecule has 0 saturated carbocycles. The van der Waals surface area contributed by atoms with Gasteiger partial charge in [-0.05, 0) is 43.4 Å². The predicted octanol–water partition coefficient (Wildman–Crippen LogP) is 2.63. The number of nitrogens with zero attached hydrogens (tertiary/aromatic N) is 3. The van der Waals surface area contributed by atoms with Gasteiger partial charge in [0.1, 0.15) is 18.0 Å². The lowest BCUT2D eigenvalue weighted by Gasteiger charge is -2.34. The van der Waals surface area contributed by atoms with Crippen LogP contribution in [0.15, 0.2) is 30.6 Å². The van der Waals surface area contributed by atoms with E-state index in [0.717, 1.165) is 37.2 Å². The molecule has 22 heavy (non-hydrogen) atoms. The van der Waals surface area contributed by atoms with E-state index in [0.29, 0.717) is 12.8 Å². The molecule has 0 bridgehead atoms. The number of benzene rings is 1. The van der Waals surface area contributed by atoms with Crippen molar-refractivity contribution >= 4 is 5.91 Å². The summed E-state index contributed by atoms with van der Waals surface area (Å²) in [6, 6.07) is 6.40. The van der Waals surface area contributed by atoms with E-state index in [1.165, 1.54) is 18.5 Å². The minimum absolute atomic E-state index is 0.0174. The molecule has 3 rings (SSSR count). The largest absolute Gasteiger partial charge is 0.332 e. The van der Waals surface area contributed by atoms with Crippen LogP contribution >= 0.6 is 0 Å². The molecule has 1 atom stereocenters. The number of hydrogen-bond donors (Lipinski definition) is 1. The van der Waals surface area contributed by atoms with Crippen LogP contribution < -0.4 is 0 Å². The fraction of sp³-hybridized carbons (Fsp3) is 0.438. The summed E-state index contributed by atoms with van der Waals surface area (Å²) in [6.45, 7) is 0.743. The second-order valence-corrected chi connectivity index (χ2v) is 5.60. The highest BCUT2D eigenvalue weighted by molar-refractivity contribution is 5.77. The molecule has 1 aromatic heterocycles. The number of aromatic amines is 1. The van der Waals surface area contributed by atoms with Crippen molar-refractivity contribution in [1.29, 1.82) is 0 Å². The Hall–Kier alpha value is -2.24. The van der Waals surface area contributed by atoms with Crippen LogP contribution in [0.5, 0.6) is 0 Å². The van der Waals surface area contributed by atoms with E-state index < -0.39 is 0 Å². The van der Waals surface area contributed by atoms with E-state index in [1.807, 2.05) is 11.0 Å². The molecule has 1 saturated heterocycles. The lowest BCUT2D eigenvalue weighted by atomic mass is 10.00. The van der Waals surface area contributed by atoms with Gasteiger partial charge in [-0.1, -0.05) is 12.1 Å². The summed E-state index contributed by atoms with van der Waals surface area (Å²) in [5.41, 5.74) is 0.849. The molecule has 1 N–H and O–H groups in total. The standard InChI is InChI=1S/C16H19FN4O/c17-13-5-3-4-12(10-13)7-8-15(22)21-9-2-1-6-14(21)16-18-11-19-20-16/h3-5,10-11,14H,1-2,6-9H2,(H,18,19,20)/t14-/m1/s1. The van der Waals surface area contributed by atoms with Crippen molar-refractivity contribution in [2.24, 2.45) is 0 Å². The summed E-state index contributed by atoms with van der Waals surface area (Å²) in [5, 5.41) is 6.75. The molecule has 1 aliphatic heterocycles. The van der Waals surface area contributed by atoms with Gasteiger partial charge < -0.3 is 4.90 Å². The second-order valence-electron chi connectivity index (χ2n) is 5.60. The molecule has 0 aliphatic carbocycles. The highest BCUT2D eigenvalue weighted by Gasteiger charge is 2.29. The Morgan fingerprint density at radius 1 is 1.41 bits per heavy atom. The van der Waals surface area contributed by atoms with Gasteiger partial charge in [0, 0.05) is 13.0 Å². The third-order valence-corrected chi connectivity index (χ3v) is 4.09. The maximum absolute atomic E-state index is 13.2. The van der Waals surface area contributed by atoms with Crippen molar-refractivity contribution in [2.45, 2.75) is 38.1 Å². The number of H-pyrrole nitrogens is 1. The second kappa shape index (κ2) is 6.68. The maximum Gasteiger partial charge on any atom is 0.223 e. The van der Waals surface area contributed by atoms with Crippen LogP contribution in [0.3, 0.4) is 0 Å². The Balaban J connectivity index is 1.65. The van der Waals surface area contributed by atoms with E-state index >= 15 is 0 Å². The average molecular weight is 302 g/mol. The molecule has 1 fully saturated rings. The van der Waals surface area contributed by atoms with Crippen molar-refractivity contribution in [3.63, 3.8) is 0 Å². The zero-order chi connectivity index (χ0) is 15.4. The van der Waals surface area contributed by atoms with Crippen molar-refractivity contribution in [3.8, 4) is 0 Å². The molecule has 1 aromatic carbocycles. The van der Waals surface area contributed by atoms with Crippen LogP contribution in [-0.4, -0.2) is 32.5 Å². The molecular weight excluding hydrogens is 283 g/mol. The first-order valence-electron chi connectivity index (χ1n) is 7.63. The summed E-state index contributed by atoms with van der Waals surface area (Å²) < 4.78 is 13.2. The first-order valence-corrected chi connectivity index (χ1v) is 7.63. The number of aryl methyl sites for hydroxylation is 1. The maximum atomic E-state index is 13.2. The molecular formula is C16H19FN4O. The number of likely N-dealkylation sites (tertiary alicyclic amines) is 1. The Labute approximate surface area is 128 Å². The molecule has 0 radical (unpaired) electrons. The lowest BCUT2D eigenvalue weighted by Crippen LogP contribution is -2.39. The van der Waals surface area contributed by atoms with Crippen molar-refractivity contribution in [2.75, 3.05) is 6.54 Å². The van der Waals surface area contributed by atoms with Crippen LogP contribution in [0, 0.1) is 5.82 Å². The van der Waals surface area contributed by atoms with E-state index in [-0.39, 0.29) is 17.8 Å². The number of carbonyl (C=O) groups is 1. The first kappa shape index (κ1) is 14.7. The molecule has 5 nitrogen and oxygen atoms in total. The van der Waals surface area contributed by atoms with Gasteiger partial charge in [-0.15, -0.1) is 0 Å². The Bertz CT molecular complexity index is 629. The van der Waals surface area contributed by atoms with Gasteiger partial charge in [0.15, 0.2) is 0 Å². The molecule has 1 amide bonds. The van der Waals surface area contributed by atoms with Gasteiger partial charge in [0.25, 0.3) is 0 Å². The van der Waals surface area contributed by atoms with Crippen LogP contribution in [0.25, 0.3) is 0 Å². The van der Waals surface area contributed by atoms with Crippen LogP contribution in [-0.2, 0) is 11.2 Å². The predicted molar refractivity (Wildman–Crippen MR) is 79.4 cm³/mol. The fourth-order valence-corrected chi connectivity index (χ4v) is 2.98. The van der Waals surface area contributed by atoms with Crippen molar-refractivity contribution in [3.05, 3.63) is 47.8 Å². The summed E-state index contributed by atoms with van der Waals surface area (Å²) in [4.78, 5) is 18.6. The van der Waals surface area contributed by atoms with Gasteiger partial charge in [0.05, 0.1) is 6.04 Å². The highest BCUT2D eigenvalue weighted by atomic mass is 19.1. The van der Waals surface area contributed by atoms with E-state index in [9.17, 15) is 9.18 Å². The fourth-order valence-electron chi connectivity index (χ4n) is 2.98. The Morgan fingerprint density at radius 3 is 3.09 bits per heavy atom. The van der Waals surface area contributed by atoms with Crippen molar-refractivity contribution < 1.29 is 9.18 Å². The van der Waals surface area contributed by atoms with Crippen LogP contribution in [0.2, 0.25) is 0 Å². The van der Waals surface area contributed by atoms with Crippen LogP contribution in [0.1, 0.15) is 43.1 Å². The number of nitrogens with one attached hydrogen (secondary N) is 1. The molecule has 0 spiro atoms.